The highest BCUT2D eigenvalue weighted by Gasteiger charge is 2.28. The quantitative estimate of drug-likeness (QED) is 0.787. The lowest BCUT2D eigenvalue weighted by Crippen LogP contribution is -2.01. The maximum atomic E-state index is 6.10. The van der Waals surface area contributed by atoms with E-state index >= 15 is 0 Å². The molecule has 0 radical (unpaired) electrons. The number of rotatable bonds is 5. The number of hydrogen-bond acceptors (Lipinski definition) is 2. The Kier molecular flexibility index (Phi) is 4.28. The molecular weight excluding hydrogens is 268 g/mol. The molecule has 0 atom stereocenters. The van der Waals surface area contributed by atoms with Crippen molar-refractivity contribution in [1.82, 2.24) is 4.98 Å². The zero-order valence-corrected chi connectivity index (χ0v) is 13.1. The van der Waals surface area contributed by atoms with E-state index in [-0.39, 0.29) is 0 Å². The fourth-order valence-electron chi connectivity index (χ4n) is 3.24. The summed E-state index contributed by atoms with van der Waals surface area (Å²) in [5, 5.41) is 0. The second kappa shape index (κ2) is 6.35. The molecule has 2 nitrogen and oxygen atoms in total. The minimum atomic E-state index is 0.623. The average Bonchev–Trinajstić information content (AvgIpc) is 3.22. The van der Waals surface area contributed by atoms with Crippen molar-refractivity contribution in [2.45, 2.75) is 38.5 Å². The molecule has 1 aromatic heterocycles. The standard InChI is InChI=1S/C20H24N2/c1-3-18-12-17(10-11-22-18)19(14(2)21)13-20(16-8-9-16)15-6-4-5-7-15/h3,10-13,16H,1-2,4-9,21H2/b19-13+. The molecule has 22 heavy (non-hydrogen) atoms. The van der Waals surface area contributed by atoms with Crippen LogP contribution in [0.5, 0.6) is 0 Å². The van der Waals surface area contributed by atoms with Gasteiger partial charge < -0.3 is 5.73 Å². The van der Waals surface area contributed by atoms with E-state index in [1.807, 2.05) is 18.3 Å². The average molecular weight is 292 g/mol. The molecule has 2 N–H and O–H groups in total. The van der Waals surface area contributed by atoms with Gasteiger partial charge in [-0.1, -0.05) is 18.7 Å². The number of pyridine rings is 1. The maximum Gasteiger partial charge on any atom is 0.0629 e. The molecule has 2 aliphatic carbocycles. The topological polar surface area (TPSA) is 38.9 Å². The van der Waals surface area contributed by atoms with Crippen LogP contribution in [0.25, 0.3) is 11.6 Å². The van der Waals surface area contributed by atoms with E-state index in [0.717, 1.165) is 22.7 Å². The molecule has 0 unspecified atom stereocenters. The van der Waals surface area contributed by atoms with Crippen molar-refractivity contribution >= 4 is 11.6 Å². The van der Waals surface area contributed by atoms with Gasteiger partial charge in [-0.2, -0.15) is 0 Å². The third-order valence-corrected chi connectivity index (χ3v) is 4.58. The van der Waals surface area contributed by atoms with Crippen molar-refractivity contribution in [2.24, 2.45) is 11.7 Å². The molecule has 3 rings (SSSR count). The molecule has 0 saturated heterocycles. The van der Waals surface area contributed by atoms with Crippen LogP contribution in [0, 0.1) is 5.92 Å². The summed E-state index contributed by atoms with van der Waals surface area (Å²) in [5.41, 5.74) is 12.9. The minimum Gasteiger partial charge on any atom is -0.399 e. The fourth-order valence-corrected chi connectivity index (χ4v) is 3.24. The summed E-state index contributed by atoms with van der Waals surface area (Å²) in [4.78, 5) is 4.28. The van der Waals surface area contributed by atoms with Crippen molar-refractivity contribution in [3.05, 3.63) is 65.7 Å². The highest BCUT2D eigenvalue weighted by atomic mass is 14.7. The van der Waals surface area contributed by atoms with Crippen molar-refractivity contribution in [3.8, 4) is 0 Å². The van der Waals surface area contributed by atoms with E-state index in [1.54, 1.807) is 11.6 Å². The molecule has 0 bridgehead atoms. The lowest BCUT2D eigenvalue weighted by molar-refractivity contribution is 0.886. The summed E-state index contributed by atoms with van der Waals surface area (Å²) in [6.45, 7) is 7.78. The summed E-state index contributed by atoms with van der Waals surface area (Å²) in [5.74, 6) is 0.739. The van der Waals surface area contributed by atoms with Gasteiger partial charge in [-0.3, -0.25) is 4.98 Å². The molecule has 0 aliphatic heterocycles. The van der Waals surface area contributed by atoms with Gasteiger partial charge in [0.15, 0.2) is 0 Å². The maximum absolute atomic E-state index is 6.10. The van der Waals surface area contributed by atoms with E-state index in [4.69, 9.17) is 5.73 Å². The van der Waals surface area contributed by atoms with Crippen LogP contribution in [-0.4, -0.2) is 4.98 Å². The Morgan fingerprint density at radius 3 is 2.59 bits per heavy atom. The van der Waals surface area contributed by atoms with Gasteiger partial charge in [-0.25, -0.2) is 0 Å². The highest BCUT2D eigenvalue weighted by molar-refractivity contribution is 5.80. The summed E-state index contributed by atoms with van der Waals surface area (Å²) in [7, 11) is 0. The van der Waals surface area contributed by atoms with Crippen molar-refractivity contribution in [1.29, 1.82) is 0 Å². The van der Waals surface area contributed by atoms with Crippen LogP contribution in [0.4, 0.5) is 0 Å². The van der Waals surface area contributed by atoms with Crippen LogP contribution in [-0.2, 0) is 0 Å². The first-order chi connectivity index (χ1) is 10.7. The zero-order valence-electron chi connectivity index (χ0n) is 13.1. The number of nitrogens with two attached hydrogens (primary N) is 1. The van der Waals surface area contributed by atoms with Gasteiger partial charge in [0.05, 0.1) is 5.69 Å². The molecular formula is C20H24N2. The molecule has 114 valence electrons. The molecule has 1 heterocycles. The lowest BCUT2D eigenvalue weighted by atomic mass is 9.95. The van der Waals surface area contributed by atoms with Gasteiger partial charge in [0.1, 0.15) is 0 Å². The Balaban J connectivity index is 2.04. The monoisotopic (exact) mass is 292 g/mol. The number of aromatic nitrogens is 1. The van der Waals surface area contributed by atoms with Gasteiger partial charge >= 0.3 is 0 Å². The van der Waals surface area contributed by atoms with Crippen LogP contribution in [0.1, 0.15) is 49.8 Å². The largest absolute Gasteiger partial charge is 0.399 e. The SMILES string of the molecule is C=Cc1cc(/C(=C/C(=C2CCCC2)C2CC2)C(=C)N)ccn1. The normalized spacial score (nSPS) is 18.4. The van der Waals surface area contributed by atoms with Crippen LogP contribution >= 0.6 is 0 Å². The van der Waals surface area contributed by atoms with Crippen molar-refractivity contribution in [2.75, 3.05) is 0 Å². The second-order valence-corrected chi connectivity index (χ2v) is 6.30. The van der Waals surface area contributed by atoms with Gasteiger partial charge in [-0.05, 0) is 79.9 Å². The first-order valence-corrected chi connectivity index (χ1v) is 8.16. The molecule has 2 fully saturated rings. The summed E-state index contributed by atoms with van der Waals surface area (Å²) in [6, 6.07) is 4.03. The Morgan fingerprint density at radius 2 is 2.00 bits per heavy atom. The van der Waals surface area contributed by atoms with E-state index < -0.39 is 0 Å². The van der Waals surface area contributed by atoms with E-state index in [1.165, 1.54) is 44.1 Å². The smallest absolute Gasteiger partial charge is 0.0629 e. The highest BCUT2D eigenvalue weighted by Crippen LogP contribution is 2.43. The van der Waals surface area contributed by atoms with Gasteiger partial charge in [-0.15, -0.1) is 0 Å². The Hall–Kier alpha value is -2.09. The Labute approximate surface area is 133 Å². The number of allylic oxidation sites excluding steroid dienone is 4. The molecule has 2 saturated carbocycles. The first kappa shape index (κ1) is 14.8. The molecule has 0 aromatic carbocycles. The van der Waals surface area contributed by atoms with Gasteiger partial charge in [0.2, 0.25) is 0 Å². The Morgan fingerprint density at radius 1 is 1.27 bits per heavy atom. The third kappa shape index (κ3) is 3.22. The van der Waals surface area contributed by atoms with E-state index in [2.05, 4.69) is 24.2 Å². The third-order valence-electron chi connectivity index (χ3n) is 4.58. The predicted molar refractivity (Wildman–Crippen MR) is 93.9 cm³/mol. The second-order valence-electron chi connectivity index (χ2n) is 6.30. The van der Waals surface area contributed by atoms with Crippen molar-refractivity contribution in [3.63, 3.8) is 0 Å². The minimum absolute atomic E-state index is 0.623. The molecule has 1 aromatic rings. The summed E-state index contributed by atoms with van der Waals surface area (Å²) >= 11 is 0. The predicted octanol–water partition coefficient (Wildman–Crippen LogP) is 4.86. The Bertz CT molecular complexity index is 652. The zero-order chi connectivity index (χ0) is 15.5. The van der Waals surface area contributed by atoms with E-state index in [9.17, 15) is 0 Å². The van der Waals surface area contributed by atoms with Crippen LogP contribution in [0.15, 0.2) is 54.4 Å². The van der Waals surface area contributed by atoms with Crippen molar-refractivity contribution < 1.29 is 0 Å². The molecule has 0 spiro atoms. The first-order valence-electron chi connectivity index (χ1n) is 8.16. The van der Waals surface area contributed by atoms with E-state index in [0.29, 0.717) is 5.70 Å². The number of nitrogens with zero attached hydrogens (tertiary/aromatic N) is 1. The summed E-state index contributed by atoms with van der Waals surface area (Å²) < 4.78 is 0. The van der Waals surface area contributed by atoms with Crippen LogP contribution < -0.4 is 5.73 Å². The van der Waals surface area contributed by atoms with Gasteiger partial charge in [0.25, 0.3) is 0 Å². The number of hydrogen-bond donors (Lipinski definition) is 1. The van der Waals surface area contributed by atoms with Crippen LogP contribution in [0.3, 0.4) is 0 Å². The molecule has 2 aliphatic rings. The molecule has 0 amide bonds. The summed E-state index contributed by atoms with van der Waals surface area (Å²) in [6.07, 6.45) is 13.6. The molecule has 2 heteroatoms. The fraction of sp³-hybridized carbons (Fsp3) is 0.350. The lowest BCUT2D eigenvalue weighted by Gasteiger charge is -2.12. The van der Waals surface area contributed by atoms with Crippen LogP contribution in [0.2, 0.25) is 0 Å². The van der Waals surface area contributed by atoms with Gasteiger partial charge in [0, 0.05) is 17.5 Å².